The number of Topliss-reactive ketones (excluding diaryl/α,β-unsaturated/α-hetero) is 4. The lowest BCUT2D eigenvalue weighted by atomic mass is 9.74. The van der Waals surface area contributed by atoms with E-state index in [9.17, 15) is 29.4 Å². The molecule has 2 aliphatic carbocycles. The van der Waals surface area contributed by atoms with Gasteiger partial charge in [0.1, 0.15) is 11.5 Å². The van der Waals surface area contributed by atoms with E-state index in [1.54, 1.807) is 13.8 Å². The van der Waals surface area contributed by atoms with Crippen molar-refractivity contribution in [3.8, 4) is 0 Å². The molecule has 0 saturated carbocycles. The van der Waals surface area contributed by atoms with E-state index in [0.29, 0.717) is 25.7 Å². The van der Waals surface area contributed by atoms with Gasteiger partial charge in [0, 0.05) is 33.4 Å². The molecule has 0 radical (unpaired) electrons. The highest BCUT2D eigenvalue weighted by Gasteiger charge is 2.42. The van der Waals surface area contributed by atoms with Crippen LogP contribution in [0.1, 0.15) is 81.1 Å². The lowest BCUT2D eigenvalue weighted by Crippen LogP contribution is -2.33. The summed E-state index contributed by atoms with van der Waals surface area (Å²) in [7, 11) is 0. The highest BCUT2D eigenvalue weighted by molar-refractivity contribution is 6.52. The number of rotatable bonds is 9. The maximum Gasteiger partial charge on any atom is 0.233 e. The molecule has 0 aromatic rings. The fraction of sp³-hybridized carbons (Fsp3) is 0.467. The van der Waals surface area contributed by atoms with E-state index in [1.165, 1.54) is 13.8 Å². The van der Waals surface area contributed by atoms with Crippen molar-refractivity contribution in [3.63, 3.8) is 0 Å². The Bertz CT molecular complexity index is 1090. The van der Waals surface area contributed by atoms with E-state index in [4.69, 9.17) is 0 Å². The minimum atomic E-state index is -0.789. The zero-order chi connectivity index (χ0) is 27.5. The van der Waals surface area contributed by atoms with E-state index in [-0.39, 0.29) is 33.4 Å². The van der Waals surface area contributed by atoms with Crippen LogP contribution in [0.4, 0.5) is 0 Å². The van der Waals surface area contributed by atoms with Crippen molar-refractivity contribution in [1.29, 1.82) is 0 Å². The van der Waals surface area contributed by atoms with Gasteiger partial charge in [0.25, 0.3) is 0 Å². The molecule has 0 unspecified atom stereocenters. The van der Waals surface area contributed by atoms with Crippen molar-refractivity contribution < 1.29 is 29.4 Å². The molecule has 2 aliphatic rings. The third-order valence-electron chi connectivity index (χ3n) is 6.86. The molecule has 0 heterocycles. The SMILES string of the molecule is CC(C)=CCC[C@@H](C)C1=C(O)C(C2=C(C)C(=O)C(=O)C([C@H](C)CCC=C(C)C)=C2O)=C(C)C(=O)C1=O. The Labute approximate surface area is 213 Å². The number of aliphatic hydroxyl groups excluding tert-OH is 2. The van der Waals surface area contributed by atoms with Crippen LogP contribution < -0.4 is 0 Å². The second-order valence-electron chi connectivity index (χ2n) is 10.4. The molecule has 36 heavy (non-hydrogen) atoms. The van der Waals surface area contributed by atoms with E-state index < -0.39 is 46.5 Å². The minimum Gasteiger partial charge on any atom is -0.507 e. The van der Waals surface area contributed by atoms with E-state index in [2.05, 4.69) is 0 Å². The summed E-state index contributed by atoms with van der Waals surface area (Å²) in [6.45, 7) is 14.2. The fourth-order valence-corrected chi connectivity index (χ4v) is 4.71. The number of carbonyl (C=O) groups excluding carboxylic acids is 4. The number of aliphatic hydroxyl groups is 2. The first-order chi connectivity index (χ1) is 16.7. The van der Waals surface area contributed by atoms with Crippen molar-refractivity contribution in [2.45, 2.75) is 81.1 Å². The molecule has 0 bridgehead atoms. The van der Waals surface area contributed by atoms with Gasteiger partial charge in [-0.3, -0.25) is 19.2 Å². The van der Waals surface area contributed by atoms with Gasteiger partial charge in [0.05, 0.1) is 0 Å². The molecule has 0 fully saturated rings. The highest BCUT2D eigenvalue weighted by atomic mass is 16.3. The highest BCUT2D eigenvalue weighted by Crippen LogP contribution is 2.41. The average Bonchev–Trinajstić information content (AvgIpc) is 2.78. The lowest BCUT2D eigenvalue weighted by Gasteiger charge is -2.28. The van der Waals surface area contributed by atoms with E-state index in [1.807, 2.05) is 39.8 Å². The molecular formula is C30H38O6. The zero-order valence-corrected chi connectivity index (χ0v) is 22.7. The zero-order valence-electron chi connectivity index (χ0n) is 22.7. The predicted octanol–water partition coefficient (Wildman–Crippen LogP) is 6.31. The maximum absolute atomic E-state index is 13.0. The first-order valence-corrected chi connectivity index (χ1v) is 12.5. The molecule has 0 aliphatic heterocycles. The van der Waals surface area contributed by atoms with E-state index >= 15 is 0 Å². The van der Waals surface area contributed by atoms with Crippen molar-refractivity contribution in [1.82, 2.24) is 0 Å². The molecular weight excluding hydrogens is 456 g/mol. The largest absolute Gasteiger partial charge is 0.507 e. The van der Waals surface area contributed by atoms with Crippen LogP contribution in [-0.4, -0.2) is 33.3 Å². The Morgan fingerprint density at radius 1 is 0.639 bits per heavy atom. The number of ketones is 4. The van der Waals surface area contributed by atoms with Gasteiger partial charge >= 0.3 is 0 Å². The summed E-state index contributed by atoms with van der Waals surface area (Å²) in [6.07, 6.45) is 6.40. The second kappa shape index (κ2) is 11.6. The van der Waals surface area contributed by atoms with Crippen LogP contribution in [0, 0.1) is 11.8 Å². The summed E-state index contributed by atoms with van der Waals surface area (Å²) < 4.78 is 0. The Hall–Kier alpha value is -3.28. The second-order valence-corrected chi connectivity index (χ2v) is 10.4. The van der Waals surface area contributed by atoms with Gasteiger partial charge in [-0.25, -0.2) is 0 Å². The maximum atomic E-state index is 13.0. The molecule has 6 nitrogen and oxygen atoms in total. The first kappa shape index (κ1) is 29.0. The molecule has 2 rings (SSSR count). The summed E-state index contributed by atoms with van der Waals surface area (Å²) in [5.74, 6) is -4.85. The summed E-state index contributed by atoms with van der Waals surface area (Å²) >= 11 is 0. The van der Waals surface area contributed by atoms with Gasteiger partial charge in [-0.05, 0) is 79.1 Å². The van der Waals surface area contributed by atoms with Crippen LogP contribution >= 0.6 is 0 Å². The first-order valence-electron chi connectivity index (χ1n) is 12.5. The minimum absolute atomic E-state index is 0.0293. The summed E-state index contributed by atoms with van der Waals surface area (Å²) in [5, 5.41) is 22.6. The Balaban J connectivity index is 2.67. The third-order valence-corrected chi connectivity index (χ3v) is 6.86. The van der Waals surface area contributed by atoms with E-state index in [0.717, 1.165) is 11.1 Å². The average molecular weight is 495 g/mol. The molecule has 2 atom stereocenters. The molecule has 0 aromatic carbocycles. The van der Waals surface area contributed by atoms with Crippen LogP contribution in [0.2, 0.25) is 0 Å². The normalized spacial score (nSPS) is 18.8. The third kappa shape index (κ3) is 5.75. The summed E-state index contributed by atoms with van der Waals surface area (Å²) in [5.41, 5.74) is 1.97. The van der Waals surface area contributed by atoms with Gasteiger partial charge in [-0.2, -0.15) is 0 Å². The van der Waals surface area contributed by atoms with Crippen molar-refractivity contribution >= 4 is 23.1 Å². The number of hydrogen-bond donors (Lipinski definition) is 2. The standard InChI is InChI=1S/C30H38O6/c1-15(2)11-9-13-17(5)21-27(33)23(19(7)25(31)29(21)35)24-20(8)26(32)30(36)22(28(24)34)18(6)14-10-12-16(3)4/h11-12,17-18,33-34H,9-10,13-14H2,1-8H3/t17-,18-/m1/s1. The number of carbonyl (C=O) groups is 4. The monoisotopic (exact) mass is 494 g/mol. The van der Waals surface area contributed by atoms with Crippen LogP contribution in [-0.2, 0) is 19.2 Å². The van der Waals surface area contributed by atoms with Crippen molar-refractivity contribution in [2.24, 2.45) is 11.8 Å². The van der Waals surface area contributed by atoms with Gasteiger partial charge in [0.15, 0.2) is 0 Å². The molecule has 0 spiro atoms. The Morgan fingerprint density at radius 2 is 0.944 bits per heavy atom. The van der Waals surface area contributed by atoms with Gasteiger partial charge in [0.2, 0.25) is 23.1 Å². The van der Waals surface area contributed by atoms with Crippen LogP contribution in [0.5, 0.6) is 0 Å². The Morgan fingerprint density at radius 3 is 1.22 bits per heavy atom. The van der Waals surface area contributed by atoms with Crippen LogP contribution in [0.3, 0.4) is 0 Å². The quantitative estimate of drug-likeness (QED) is 0.221. The topological polar surface area (TPSA) is 109 Å². The number of allylic oxidation sites excluding steroid dienone is 10. The fourth-order valence-electron chi connectivity index (χ4n) is 4.71. The van der Waals surface area contributed by atoms with Crippen LogP contribution in [0.25, 0.3) is 0 Å². The summed E-state index contributed by atoms with van der Waals surface area (Å²) in [4.78, 5) is 51.7. The Kier molecular flexibility index (Phi) is 9.36. The van der Waals surface area contributed by atoms with Crippen LogP contribution in [0.15, 0.2) is 68.3 Å². The van der Waals surface area contributed by atoms with Crippen molar-refractivity contribution in [2.75, 3.05) is 0 Å². The van der Waals surface area contributed by atoms with Crippen molar-refractivity contribution in [3.05, 3.63) is 68.3 Å². The van der Waals surface area contributed by atoms with Gasteiger partial charge in [-0.1, -0.05) is 37.1 Å². The predicted molar refractivity (Wildman–Crippen MR) is 140 cm³/mol. The molecule has 0 saturated heterocycles. The molecule has 0 aromatic heterocycles. The molecule has 0 amide bonds. The lowest BCUT2D eigenvalue weighted by molar-refractivity contribution is -0.133. The number of hydrogen-bond acceptors (Lipinski definition) is 6. The molecule has 194 valence electrons. The van der Waals surface area contributed by atoms with Gasteiger partial charge in [-0.15, -0.1) is 0 Å². The molecule has 2 N–H and O–H groups in total. The van der Waals surface area contributed by atoms with Gasteiger partial charge < -0.3 is 10.2 Å². The summed E-state index contributed by atoms with van der Waals surface area (Å²) in [6, 6.07) is 0. The smallest absolute Gasteiger partial charge is 0.233 e. The molecule has 6 heteroatoms.